The van der Waals surface area contributed by atoms with Crippen LogP contribution < -0.4 is 4.74 Å². The van der Waals surface area contributed by atoms with Crippen LogP contribution in [0.4, 0.5) is 0 Å². The van der Waals surface area contributed by atoms with E-state index in [-0.39, 0.29) is 5.04 Å². The minimum absolute atomic E-state index is 0.243. The van der Waals surface area contributed by atoms with Crippen molar-refractivity contribution >= 4 is 19.1 Å². The van der Waals surface area contributed by atoms with Crippen molar-refractivity contribution in [2.45, 2.75) is 38.9 Å². The number of fused-ring (bicyclic) bond motifs is 1. The molecule has 0 spiro atoms. The minimum Gasteiger partial charge on any atom is -0.491 e. The summed E-state index contributed by atoms with van der Waals surface area (Å²) in [6.07, 6.45) is 0. The van der Waals surface area contributed by atoms with E-state index in [2.05, 4.69) is 52.1 Å². The summed E-state index contributed by atoms with van der Waals surface area (Å²) in [4.78, 5) is 0. The van der Waals surface area contributed by atoms with Gasteiger partial charge in [-0.15, -0.1) is 0 Å². The molecule has 0 aromatic heterocycles. The maximum Gasteiger partial charge on any atom is 0.192 e. The van der Waals surface area contributed by atoms with Crippen LogP contribution in [0.2, 0.25) is 18.1 Å². The normalized spacial score (nSPS) is 12.6. The molecule has 0 bridgehead atoms. The Morgan fingerprint density at radius 2 is 1.57 bits per heavy atom. The Hall–Kier alpha value is -1.32. The second-order valence-electron chi connectivity index (χ2n) is 6.93. The van der Waals surface area contributed by atoms with Gasteiger partial charge in [-0.25, -0.2) is 0 Å². The first-order valence-corrected chi connectivity index (χ1v) is 10.5. The second-order valence-corrected chi connectivity index (χ2v) is 11.7. The Kier molecular flexibility index (Phi) is 4.74. The van der Waals surface area contributed by atoms with Crippen molar-refractivity contribution in [1.29, 1.82) is 0 Å². The summed E-state index contributed by atoms with van der Waals surface area (Å²) in [5, 5.41) is 2.61. The van der Waals surface area contributed by atoms with Crippen LogP contribution in [-0.4, -0.2) is 21.5 Å². The predicted molar refractivity (Wildman–Crippen MR) is 92.6 cm³/mol. The van der Waals surface area contributed by atoms with Gasteiger partial charge in [-0.1, -0.05) is 57.2 Å². The van der Waals surface area contributed by atoms with Gasteiger partial charge in [0.25, 0.3) is 0 Å². The molecule has 2 rings (SSSR count). The van der Waals surface area contributed by atoms with Crippen LogP contribution in [-0.2, 0) is 4.43 Å². The zero-order chi connectivity index (χ0) is 15.5. The average molecular weight is 302 g/mol. The zero-order valence-electron chi connectivity index (χ0n) is 13.8. The summed E-state index contributed by atoms with van der Waals surface area (Å²) >= 11 is 0. The molecule has 0 aliphatic rings. The molecule has 0 radical (unpaired) electrons. The van der Waals surface area contributed by atoms with Crippen LogP contribution >= 0.6 is 0 Å². The van der Waals surface area contributed by atoms with E-state index < -0.39 is 8.32 Å². The van der Waals surface area contributed by atoms with Crippen molar-refractivity contribution in [3.05, 3.63) is 42.5 Å². The summed E-state index contributed by atoms with van der Waals surface area (Å²) in [6, 6.07) is 14.5. The van der Waals surface area contributed by atoms with Gasteiger partial charge in [0.2, 0.25) is 0 Å². The van der Waals surface area contributed by atoms with Crippen molar-refractivity contribution in [3.63, 3.8) is 0 Å². The molecule has 0 saturated carbocycles. The van der Waals surface area contributed by atoms with Crippen molar-refractivity contribution < 1.29 is 9.16 Å². The molecule has 0 saturated heterocycles. The zero-order valence-corrected chi connectivity index (χ0v) is 14.8. The number of hydrogen-bond donors (Lipinski definition) is 0. The highest BCUT2D eigenvalue weighted by molar-refractivity contribution is 6.74. The van der Waals surface area contributed by atoms with Gasteiger partial charge in [-0.05, 0) is 29.6 Å². The fourth-order valence-electron chi connectivity index (χ4n) is 1.99. The van der Waals surface area contributed by atoms with Crippen LogP contribution in [0.5, 0.6) is 5.75 Å². The molecule has 0 heterocycles. The standard InChI is InChI=1S/C18H26O2Si/c1-18(2,3)21(4,5)20-14-13-19-17-12-8-10-15-9-6-7-11-16(15)17/h6-12H,13-14H2,1-5H3. The van der Waals surface area contributed by atoms with Gasteiger partial charge >= 0.3 is 0 Å². The van der Waals surface area contributed by atoms with Crippen molar-refractivity contribution in [2.24, 2.45) is 0 Å². The van der Waals surface area contributed by atoms with E-state index in [1.807, 2.05) is 24.3 Å². The Morgan fingerprint density at radius 3 is 2.29 bits per heavy atom. The van der Waals surface area contributed by atoms with Crippen LogP contribution in [0.25, 0.3) is 10.8 Å². The molecule has 0 amide bonds. The van der Waals surface area contributed by atoms with E-state index in [4.69, 9.17) is 9.16 Å². The van der Waals surface area contributed by atoms with Gasteiger partial charge in [-0.2, -0.15) is 0 Å². The Labute approximate surface area is 129 Å². The lowest BCUT2D eigenvalue weighted by Gasteiger charge is -2.36. The van der Waals surface area contributed by atoms with E-state index in [0.29, 0.717) is 13.2 Å². The Morgan fingerprint density at radius 1 is 0.905 bits per heavy atom. The maximum atomic E-state index is 6.14. The topological polar surface area (TPSA) is 18.5 Å². The molecule has 2 aromatic carbocycles. The molecule has 0 unspecified atom stereocenters. The molecule has 0 aliphatic carbocycles. The number of rotatable bonds is 5. The van der Waals surface area contributed by atoms with Crippen LogP contribution in [0, 0.1) is 0 Å². The summed E-state index contributed by atoms with van der Waals surface area (Å²) in [5.74, 6) is 0.937. The Balaban J connectivity index is 1.95. The molecule has 2 aromatic rings. The molecule has 2 nitrogen and oxygen atoms in total. The molecule has 0 fully saturated rings. The van der Waals surface area contributed by atoms with Crippen LogP contribution in [0.1, 0.15) is 20.8 Å². The average Bonchev–Trinajstić information content (AvgIpc) is 2.42. The highest BCUT2D eigenvalue weighted by Crippen LogP contribution is 2.36. The van der Waals surface area contributed by atoms with Crippen molar-refractivity contribution in [3.8, 4) is 5.75 Å². The van der Waals surface area contributed by atoms with Crippen molar-refractivity contribution in [1.82, 2.24) is 0 Å². The third kappa shape index (κ3) is 3.86. The van der Waals surface area contributed by atoms with E-state index in [0.717, 1.165) is 11.1 Å². The first-order chi connectivity index (χ1) is 9.81. The minimum atomic E-state index is -1.68. The first-order valence-electron chi connectivity index (χ1n) is 7.56. The third-order valence-corrected chi connectivity index (χ3v) is 8.90. The van der Waals surface area contributed by atoms with Crippen molar-refractivity contribution in [2.75, 3.05) is 13.2 Å². The highest BCUT2D eigenvalue weighted by Gasteiger charge is 2.36. The lowest BCUT2D eigenvalue weighted by molar-refractivity contribution is 0.205. The molecular weight excluding hydrogens is 276 g/mol. The van der Waals surface area contributed by atoms with Crippen LogP contribution in [0.15, 0.2) is 42.5 Å². The largest absolute Gasteiger partial charge is 0.491 e. The smallest absolute Gasteiger partial charge is 0.192 e. The second kappa shape index (κ2) is 6.20. The lowest BCUT2D eigenvalue weighted by Crippen LogP contribution is -2.41. The van der Waals surface area contributed by atoms with E-state index in [1.54, 1.807) is 0 Å². The van der Waals surface area contributed by atoms with Gasteiger partial charge in [0.05, 0.1) is 6.61 Å². The van der Waals surface area contributed by atoms with Gasteiger partial charge in [0.1, 0.15) is 12.4 Å². The number of hydrogen-bond acceptors (Lipinski definition) is 2. The summed E-state index contributed by atoms with van der Waals surface area (Å²) < 4.78 is 12.1. The maximum absolute atomic E-state index is 6.14. The number of ether oxygens (including phenoxy) is 1. The first kappa shape index (κ1) is 16.1. The SMILES string of the molecule is CC(C)(C)[Si](C)(C)OCCOc1cccc2ccccc12. The molecule has 3 heteroatoms. The molecule has 114 valence electrons. The summed E-state index contributed by atoms with van der Waals surface area (Å²) in [5.41, 5.74) is 0. The van der Waals surface area contributed by atoms with E-state index in [9.17, 15) is 0 Å². The molecule has 0 N–H and O–H groups in total. The highest BCUT2D eigenvalue weighted by atomic mass is 28.4. The molecular formula is C18H26O2Si. The van der Waals surface area contributed by atoms with Gasteiger partial charge in [0, 0.05) is 5.39 Å². The van der Waals surface area contributed by atoms with Crippen LogP contribution in [0.3, 0.4) is 0 Å². The third-order valence-electron chi connectivity index (χ3n) is 4.36. The molecule has 21 heavy (non-hydrogen) atoms. The van der Waals surface area contributed by atoms with Gasteiger partial charge < -0.3 is 9.16 Å². The number of benzene rings is 2. The van der Waals surface area contributed by atoms with Gasteiger partial charge in [-0.3, -0.25) is 0 Å². The van der Waals surface area contributed by atoms with E-state index in [1.165, 1.54) is 5.39 Å². The lowest BCUT2D eigenvalue weighted by atomic mass is 10.1. The fourth-order valence-corrected chi connectivity index (χ4v) is 3.01. The fraction of sp³-hybridized carbons (Fsp3) is 0.444. The van der Waals surface area contributed by atoms with E-state index >= 15 is 0 Å². The molecule has 0 atom stereocenters. The summed E-state index contributed by atoms with van der Waals surface area (Å²) in [6.45, 7) is 12.6. The Bertz CT molecular complexity index is 594. The predicted octanol–water partition coefficient (Wildman–Crippen LogP) is 5.24. The van der Waals surface area contributed by atoms with Gasteiger partial charge in [0.15, 0.2) is 8.32 Å². The summed E-state index contributed by atoms with van der Waals surface area (Å²) in [7, 11) is -1.68. The quantitative estimate of drug-likeness (QED) is 0.555. The molecule has 0 aliphatic heterocycles. The monoisotopic (exact) mass is 302 g/mol.